The van der Waals surface area contributed by atoms with Crippen LogP contribution in [0, 0.1) is 0 Å². The predicted octanol–water partition coefficient (Wildman–Crippen LogP) is 5.07. The van der Waals surface area contributed by atoms with Crippen molar-refractivity contribution >= 4 is 21.5 Å². The van der Waals surface area contributed by atoms with Gasteiger partial charge in [0.1, 0.15) is 24.0 Å². The number of methoxy groups -OCH3 is 1. The van der Waals surface area contributed by atoms with Gasteiger partial charge in [-0.05, 0) is 48.0 Å². The Hall–Kier alpha value is -3.94. The Labute approximate surface area is 229 Å². The Bertz CT molecular complexity index is 1580. The summed E-state index contributed by atoms with van der Waals surface area (Å²) in [5.74, 6) is 1.51. The zero-order valence-electron chi connectivity index (χ0n) is 21.6. The van der Waals surface area contributed by atoms with E-state index in [0.29, 0.717) is 48.3 Å². The number of anilines is 2. The molecule has 210 valence electrons. The molecule has 0 atom stereocenters. The first-order valence-electron chi connectivity index (χ1n) is 12.2. The highest BCUT2D eigenvalue weighted by Crippen LogP contribution is 2.34. The van der Waals surface area contributed by atoms with Gasteiger partial charge in [0.2, 0.25) is 10.0 Å². The summed E-state index contributed by atoms with van der Waals surface area (Å²) in [7, 11) is -0.878. The zero-order valence-corrected chi connectivity index (χ0v) is 22.5. The average Bonchev–Trinajstić information content (AvgIpc) is 3.37. The molecule has 0 fully saturated rings. The lowest BCUT2D eigenvalue weighted by atomic mass is 10.1. The zero-order chi connectivity index (χ0) is 28.5. The molecule has 3 heterocycles. The van der Waals surface area contributed by atoms with Crippen LogP contribution in [-0.4, -0.2) is 48.0 Å². The van der Waals surface area contributed by atoms with Gasteiger partial charge in [0.15, 0.2) is 0 Å². The van der Waals surface area contributed by atoms with Crippen molar-refractivity contribution in [3.63, 3.8) is 0 Å². The summed E-state index contributed by atoms with van der Waals surface area (Å²) in [5, 5.41) is 3.01. The number of rotatable bonds is 8. The van der Waals surface area contributed by atoms with Crippen molar-refractivity contribution in [2.45, 2.75) is 30.8 Å². The van der Waals surface area contributed by atoms with Crippen LogP contribution in [0.15, 0.2) is 71.9 Å². The van der Waals surface area contributed by atoms with Crippen LogP contribution < -0.4 is 10.1 Å². The number of hydrogen-bond donors (Lipinski definition) is 1. The molecule has 40 heavy (non-hydrogen) atoms. The number of ether oxygens (including phenoxy) is 2. The predicted molar refractivity (Wildman–Crippen MR) is 141 cm³/mol. The summed E-state index contributed by atoms with van der Waals surface area (Å²) in [4.78, 5) is 8.55. The van der Waals surface area contributed by atoms with E-state index in [-0.39, 0.29) is 17.3 Å². The number of fused-ring (bicyclic) bond motifs is 1. The normalized spacial score (nSPS) is 13.8. The van der Waals surface area contributed by atoms with Crippen molar-refractivity contribution in [1.82, 2.24) is 18.8 Å². The van der Waals surface area contributed by atoms with Crippen molar-refractivity contribution in [3.05, 3.63) is 83.9 Å². The molecule has 1 aliphatic heterocycles. The van der Waals surface area contributed by atoms with E-state index in [4.69, 9.17) is 9.47 Å². The molecular weight excluding hydrogens is 547 g/mol. The van der Waals surface area contributed by atoms with E-state index >= 15 is 0 Å². The van der Waals surface area contributed by atoms with Crippen LogP contribution in [0.1, 0.15) is 17.0 Å². The molecule has 13 heteroatoms. The number of nitrogens with one attached hydrogen (secondary N) is 1. The van der Waals surface area contributed by atoms with Gasteiger partial charge in [0.25, 0.3) is 0 Å². The monoisotopic (exact) mass is 573 g/mol. The van der Waals surface area contributed by atoms with Crippen LogP contribution in [0.25, 0.3) is 11.3 Å². The molecule has 0 aliphatic carbocycles. The third-order valence-corrected chi connectivity index (χ3v) is 8.26. The van der Waals surface area contributed by atoms with E-state index in [1.807, 2.05) is 4.57 Å². The number of halogens is 3. The topological polar surface area (TPSA) is 98.6 Å². The number of alkyl halides is 3. The highest BCUT2D eigenvalue weighted by molar-refractivity contribution is 7.89. The number of nitrogens with zero attached hydrogens (tertiary/aromatic N) is 4. The minimum Gasteiger partial charge on any atom is -0.497 e. The minimum absolute atomic E-state index is 0.0339. The summed E-state index contributed by atoms with van der Waals surface area (Å²) < 4.78 is 79.9. The van der Waals surface area contributed by atoms with E-state index in [1.54, 1.807) is 43.6 Å². The molecule has 0 saturated heterocycles. The second-order valence-corrected chi connectivity index (χ2v) is 11.2. The summed E-state index contributed by atoms with van der Waals surface area (Å²) >= 11 is 0. The number of benzene rings is 2. The largest absolute Gasteiger partial charge is 0.497 e. The molecule has 0 amide bonds. The summed E-state index contributed by atoms with van der Waals surface area (Å²) in [5.41, 5.74) is 1.27. The molecule has 1 aliphatic rings. The first-order valence-corrected chi connectivity index (χ1v) is 13.7. The highest BCUT2D eigenvalue weighted by atomic mass is 32.2. The molecule has 5 rings (SSSR count). The maximum Gasteiger partial charge on any atom is 0.417 e. The van der Waals surface area contributed by atoms with Crippen LogP contribution in [-0.2, 0) is 40.6 Å². The molecule has 2 aromatic heterocycles. The van der Waals surface area contributed by atoms with Crippen LogP contribution in [0.4, 0.5) is 24.7 Å². The van der Waals surface area contributed by atoms with Crippen molar-refractivity contribution in [1.29, 1.82) is 0 Å². The minimum atomic E-state index is -4.51. The maximum atomic E-state index is 13.6. The summed E-state index contributed by atoms with van der Waals surface area (Å²) in [6.45, 7) is 1.56. The van der Waals surface area contributed by atoms with Gasteiger partial charge in [-0.1, -0.05) is 12.1 Å². The smallest absolute Gasteiger partial charge is 0.417 e. The van der Waals surface area contributed by atoms with Gasteiger partial charge in [0.05, 0.1) is 29.9 Å². The van der Waals surface area contributed by atoms with Crippen LogP contribution >= 0.6 is 0 Å². The number of aromatic nitrogens is 3. The quantitative estimate of drug-likeness (QED) is 0.314. The molecule has 9 nitrogen and oxygen atoms in total. The second kappa shape index (κ2) is 10.9. The van der Waals surface area contributed by atoms with Gasteiger partial charge in [-0.15, -0.1) is 0 Å². The number of imidazole rings is 1. The van der Waals surface area contributed by atoms with Crippen molar-refractivity contribution in [2.75, 3.05) is 26.1 Å². The van der Waals surface area contributed by atoms with E-state index in [2.05, 4.69) is 15.3 Å². The Balaban J connectivity index is 1.49. The molecule has 2 aromatic carbocycles. The van der Waals surface area contributed by atoms with Crippen molar-refractivity contribution in [2.24, 2.45) is 0 Å². The lowest BCUT2D eigenvalue weighted by Gasteiger charge is -2.19. The first kappa shape index (κ1) is 27.6. The number of sulfonamides is 1. The van der Waals surface area contributed by atoms with Gasteiger partial charge < -0.3 is 19.4 Å². The summed E-state index contributed by atoms with van der Waals surface area (Å²) in [6.07, 6.45) is -1.97. The molecule has 0 saturated carbocycles. The molecule has 1 N–H and O–H groups in total. The van der Waals surface area contributed by atoms with Gasteiger partial charge in [-0.3, -0.25) is 0 Å². The molecule has 0 radical (unpaired) electrons. The van der Waals surface area contributed by atoms with Crippen molar-refractivity contribution < 1.29 is 31.1 Å². The molecule has 0 bridgehead atoms. The van der Waals surface area contributed by atoms with Crippen LogP contribution in [0.5, 0.6) is 5.75 Å². The molecule has 0 spiro atoms. The number of pyridine rings is 1. The Morgan fingerprint density at radius 2 is 1.90 bits per heavy atom. The number of hydrogen-bond acceptors (Lipinski definition) is 7. The third kappa shape index (κ3) is 5.81. The van der Waals surface area contributed by atoms with Crippen LogP contribution in [0.3, 0.4) is 0 Å². The first-order chi connectivity index (χ1) is 19.0. The van der Waals surface area contributed by atoms with Gasteiger partial charge in [-0.25, -0.2) is 18.4 Å². The van der Waals surface area contributed by atoms with Gasteiger partial charge in [0, 0.05) is 43.8 Å². The maximum absolute atomic E-state index is 13.6. The molecule has 0 unspecified atom stereocenters. The fraction of sp³-hybridized carbons (Fsp3) is 0.259. The fourth-order valence-corrected chi connectivity index (χ4v) is 5.44. The Morgan fingerprint density at radius 3 is 2.55 bits per heavy atom. The van der Waals surface area contributed by atoms with E-state index < -0.39 is 21.8 Å². The summed E-state index contributed by atoms with van der Waals surface area (Å²) in [6, 6.07) is 13.7. The lowest BCUT2D eigenvalue weighted by Crippen LogP contribution is -2.26. The highest BCUT2D eigenvalue weighted by Gasteiger charge is 2.31. The van der Waals surface area contributed by atoms with Crippen LogP contribution in [0.2, 0.25) is 0 Å². The molecular formula is C27H26F3N5O4S. The molecule has 4 aromatic rings. The third-order valence-electron chi connectivity index (χ3n) is 6.46. The SMILES string of the molecule is COc1ccc(CN(C)S(=O)(=O)c2ccc(Nc3ccc(C(F)(F)F)cn3)c(-c3cn4c(n3)COCC4)c2)cc1. The van der Waals surface area contributed by atoms with E-state index in [9.17, 15) is 21.6 Å². The standard InChI is InChI=1S/C27H26F3N5O4S/c1-34(15-18-3-6-20(38-2)7-4-18)40(36,37)21-8-9-23(32-25-10-5-19(14-31-25)27(28,29)30)22(13-21)24-16-35-11-12-39-17-26(35)33-24/h3-10,13-14,16H,11-12,15,17H2,1-2H3,(H,31,32). The van der Waals surface area contributed by atoms with Gasteiger partial charge in [-0.2, -0.15) is 17.5 Å². The average molecular weight is 574 g/mol. The Kier molecular flexibility index (Phi) is 7.53. The lowest BCUT2D eigenvalue weighted by molar-refractivity contribution is -0.137. The fourth-order valence-electron chi connectivity index (χ4n) is 4.25. The second-order valence-electron chi connectivity index (χ2n) is 9.16. The Morgan fingerprint density at radius 1 is 1.12 bits per heavy atom. The van der Waals surface area contributed by atoms with E-state index in [1.165, 1.54) is 29.6 Å². The van der Waals surface area contributed by atoms with E-state index in [0.717, 1.165) is 17.8 Å². The van der Waals surface area contributed by atoms with Crippen molar-refractivity contribution in [3.8, 4) is 17.0 Å². The van der Waals surface area contributed by atoms with Gasteiger partial charge >= 0.3 is 6.18 Å².